The van der Waals surface area contributed by atoms with E-state index in [1.807, 2.05) is 0 Å². The predicted molar refractivity (Wildman–Crippen MR) is 86.0 cm³/mol. The van der Waals surface area contributed by atoms with Gasteiger partial charge < -0.3 is 29.4 Å². The number of aromatic amines is 1. The molecule has 0 spiro atoms. The molecule has 1 fully saturated rings. The summed E-state index contributed by atoms with van der Waals surface area (Å²) in [5.41, 5.74) is -3.09. The summed E-state index contributed by atoms with van der Waals surface area (Å²) in [5.74, 6) is -6.01. The van der Waals surface area contributed by atoms with Crippen LogP contribution in [-0.2, 0) is 31.6 Å². The Balaban J connectivity index is 2.17. The van der Waals surface area contributed by atoms with Crippen LogP contribution in [0.4, 0.5) is 13.2 Å². The summed E-state index contributed by atoms with van der Waals surface area (Å²) in [6, 6.07) is 0. The molecule has 22 heteroatoms. The number of phosphoric acid groups is 3. The van der Waals surface area contributed by atoms with Crippen LogP contribution in [0.1, 0.15) is 6.23 Å². The minimum absolute atomic E-state index is 0.0528. The fourth-order valence-corrected chi connectivity index (χ4v) is 5.24. The Morgan fingerprint density at radius 3 is 2.26 bits per heavy atom. The molecule has 0 saturated carbocycles. The molecule has 0 bridgehead atoms. The molecule has 1 aliphatic rings. The quantitative estimate of drug-likeness (QED) is 0.222. The van der Waals surface area contributed by atoms with Crippen LogP contribution < -0.4 is 11.2 Å². The SMILES string of the molecule is O=c1[nH]c(=O)n([C@@H]2O[C@H](COP(=O)(O)OP(=O)(O)OP(=O)(O)O)[C@@H](O)C2(F)F)cc1F. The summed E-state index contributed by atoms with van der Waals surface area (Å²) in [7, 11) is -17.3. The minimum atomic E-state index is -5.89. The largest absolute Gasteiger partial charge is 0.490 e. The number of nitrogens with one attached hydrogen (secondary N) is 1. The molecular formula is C9H12F3N2O14P3. The van der Waals surface area contributed by atoms with Gasteiger partial charge in [0.05, 0.1) is 12.8 Å². The third-order valence-corrected chi connectivity index (χ3v) is 7.18. The van der Waals surface area contributed by atoms with Crippen molar-refractivity contribution in [2.45, 2.75) is 24.4 Å². The van der Waals surface area contributed by atoms with Crippen LogP contribution in [0.5, 0.6) is 0 Å². The number of nitrogens with zero attached hydrogens (tertiary/aromatic N) is 1. The number of ether oxygens (including phenoxy) is 1. The summed E-state index contributed by atoms with van der Waals surface area (Å²) < 4.78 is 90.6. The van der Waals surface area contributed by atoms with Gasteiger partial charge in [0.15, 0.2) is 6.10 Å². The lowest BCUT2D eigenvalue weighted by molar-refractivity contribution is -0.141. The first-order chi connectivity index (χ1) is 13.8. The number of phosphoric ester groups is 1. The number of halogens is 3. The molecule has 1 aromatic rings. The van der Waals surface area contributed by atoms with Crippen molar-refractivity contribution in [3.63, 3.8) is 0 Å². The van der Waals surface area contributed by atoms with Crippen molar-refractivity contribution in [3.8, 4) is 0 Å². The highest BCUT2D eigenvalue weighted by Gasteiger charge is 2.60. The van der Waals surface area contributed by atoms with Crippen molar-refractivity contribution in [3.05, 3.63) is 32.9 Å². The lowest BCUT2D eigenvalue weighted by Crippen LogP contribution is -2.43. The van der Waals surface area contributed by atoms with E-state index in [-0.39, 0.29) is 10.8 Å². The van der Waals surface area contributed by atoms with E-state index in [4.69, 9.17) is 14.7 Å². The van der Waals surface area contributed by atoms with Gasteiger partial charge >= 0.3 is 35.1 Å². The first kappa shape index (κ1) is 26.1. The molecule has 0 aromatic carbocycles. The molecule has 0 amide bonds. The third-order valence-electron chi connectivity index (χ3n) is 3.37. The number of H-pyrrole nitrogens is 1. The Bertz CT molecular complexity index is 1100. The predicted octanol–water partition coefficient (Wildman–Crippen LogP) is -1.09. The van der Waals surface area contributed by atoms with E-state index in [2.05, 4.69) is 17.9 Å². The molecule has 1 aliphatic heterocycles. The van der Waals surface area contributed by atoms with Gasteiger partial charge in [-0.25, -0.2) is 18.5 Å². The van der Waals surface area contributed by atoms with Crippen molar-refractivity contribution in [1.29, 1.82) is 0 Å². The molecule has 0 aliphatic carbocycles. The summed E-state index contributed by atoms with van der Waals surface area (Å²) in [6.07, 6.45) is -7.76. The molecule has 178 valence electrons. The maximum atomic E-state index is 14.3. The number of alkyl halides is 2. The first-order valence-electron chi connectivity index (χ1n) is 7.35. The molecule has 2 rings (SSSR count). The number of hydrogen-bond acceptors (Lipinski definition) is 10. The second-order valence-corrected chi connectivity index (χ2v) is 10.1. The fourth-order valence-electron chi connectivity index (χ4n) is 2.21. The van der Waals surface area contributed by atoms with Crippen LogP contribution >= 0.6 is 23.5 Å². The molecule has 1 aromatic heterocycles. The number of aliphatic hydroxyl groups excluding tert-OH is 1. The monoisotopic (exact) mass is 522 g/mol. The Hall–Kier alpha value is -1.20. The van der Waals surface area contributed by atoms with Gasteiger partial charge in [0.1, 0.15) is 6.10 Å². The Morgan fingerprint density at radius 2 is 1.71 bits per heavy atom. The molecular weight excluding hydrogens is 510 g/mol. The summed E-state index contributed by atoms with van der Waals surface area (Å²) in [6.45, 7) is -1.47. The molecule has 1 saturated heterocycles. The Morgan fingerprint density at radius 1 is 1.13 bits per heavy atom. The maximum absolute atomic E-state index is 14.3. The number of aliphatic hydroxyl groups is 1. The van der Waals surface area contributed by atoms with E-state index in [9.17, 15) is 46.5 Å². The van der Waals surface area contributed by atoms with Crippen molar-refractivity contribution < 1.29 is 69.4 Å². The van der Waals surface area contributed by atoms with Crippen LogP contribution in [0.3, 0.4) is 0 Å². The summed E-state index contributed by atoms with van der Waals surface area (Å²) in [5, 5.41) is 9.67. The highest BCUT2D eigenvalue weighted by atomic mass is 31.3. The van der Waals surface area contributed by atoms with Crippen molar-refractivity contribution >= 4 is 23.5 Å². The van der Waals surface area contributed by atoms with Crippen molar-refractivity contribution in [2.24, 2.45) is 0 Å². The van der Waals surface area contributed by atoms with Gasteiger partial charge in [-0.3, -0.25) is 18.9 Å². The zero-order chi connectivity index (χ0) is 24.0. The summed E-state index contributed by atoms with van der Waals surface area (Å²) >= 11 is 0. The molecule has 6 N–H and O–H groups in total. The number of aromatic nitrogens is 2. The topological polar surface area (TPSA) is 244 Å². The lowest BCUT2D eigenvalue weighted by atomic mass is 10.1. The van der Waals surface area contributed by atoms with E-state index in [1.54, 1.807) is 0 Å². The van der Waals surface area contributed by atoms with Crippen LogP contribution in [0.25, 0.3) is 0 Å². The zero-order valence-corrected chi connectivity index (χ0v) is 17.0. The second-order valence-electron chi connectivity index (χ2n) is 5.68. The lowest BCUT2D eigenvalue weighted by Gasteiger charge is -2.20. The van der Waals surface area contributed by atoms with Crippen molar-refractivity contribution in [2.75, 3.05) is 6.61 Å². The molecule has 16 nitrogen and oxygen atoms in total. The highest BCUT2D eigenvalue weighted by Crippen LogP contribution is 2.66. The van der Waals surface area contributed by atoms with Gasteiger partial charge in [-0.05, 0) is 0 Å². The molecule has 0 radical (unpaired) electrons. The standard InChI is InChI=1S/C9H12F3N2O14P3/c10-3-1-14(8(17)13-6(3)16)7-9(11,12)5(15)4(26-7)2-25-30(21,22)28-31(23,24)27-29(18,19)20/h1,4-5,7,15H,2H2,(H,21,22)(H,23,24)(H,13,16,17)(H2,18,19,20)/t4-,5-,7-/m1/s1. The Labute approximate surface area is 167 Å². The average molecular weight is 522 g/mol. The first-order valence-corrected chi connectivity index (χ1v) is 11.9. The number of rotatable bonds is 8. The zero-order valence-electron chi connectivity index (χ0n) is 14.3. The van der Waals surface area contributed by atoms with E-state index in [1.165, 1.54) is 4.98 Å². The van der Waals surface area contributed by atoms with Gasteiger partial charge in [0, 0.05) is 0 Å². The molecule has 2 heterocycles. The van der Waals surface area contributed by atoms with Crippen LogP contribution in [-0.4, -0.2) is 59.0 Å². The van der Waals surface area contributed by atoms with Crippen LogP contribution in [0.15, 0.2) is 15.8 Å². The fraction of sp³-hybridized carbons (Fsp3) is 0.556. The number of hydrogen-bond donors (Lipinski definition) is 6. The van der Waals surface area contributed by atoms with Gasteiger partial charge in [-0.2, -0.15) is 21.8 Å². The second kappa shape index (κ2) is 8.62. The van der Waals surface area contributed by atoms with E-state index >= 15 is 0 Å². The average Bonchev–Trinajstić information content (AvgIpc) is 2.76. The van der Waals surface area contributed by atoms with Gasteiger partial charge in [0.25, 0.3) is 5.56 Å². The van der Waals surface area contributed by atoms with Crippen LogP contribution in [0.2, 0.25) is 0 Å². The molecule has 5 atom stereocenters. The highest BCUT2D eigenvalue weighted by molar-refractivity contribution is 7.66. The minimum Gasteiger partial charge on any atom is -0.384 e. The Kier molecular flexibility index (Phi) is 7.25. The van der Waals surface area contributed by atoms with Gasteiger partial charge in [0.2, 0.25) is 12.0 Å². The van der Waals surface area contributed by atoms with Crippen molar-refractivity contribution in [1.82, 2.24) is 9.55 Å². The normalized spacial score (nSPS) is 27.5. The molecule has 31 heavy (non-hydrogen) atoms. The van der Waals surface area contributed by atoms with Crippen LogP contribution in [0, 0.1) is 5.82 Å². The summed E-state index contributed by atoms with van der Waals surface area (Å²) in [4.78, 5) is 59.1. The third kappa shape index (κ3) is 6.41. The van der Waals surface area contributed by atoms with E-state index < -0.39 is 71.5 Å². The van der Waals surface area contributed by atoms with Gasteiger partial charge in [-0.15, -0.1) is 0 Å². The smallest absolute Gasteiger partial charge is 0.384 e. The van der Waals surface area contributed by atoms with E-state index in [0.717, 1.165) is 0 Å². The maximum Gasteiger partial charge on any atom is 0.490 e. The molecule has 2 unspecified atom stereocenters. The van der Waals surface area contributed by atoms with E-state index in [0.29, 0.717) is 0 Å². The van der Waals surface area contributed by atoms with Gasteiger partial charge in [-0.1, -0.05) is 0 Å².